The van der Waals surface area contributed by atoms with Gasteiger partial charge in [-0.15, -0.1) is 6.42 Å². The van der Waals surface area contributed by atoms with Crippen molar-refractivity contribution in [3.8, 4) is 18.1 Å². The molecule has 1 aliphatic heterocycles. The highest BCUT2D eigenvalue weighted by atomic mass is 127. The lowest BCUT2D eigenvalue weighted by Gasteiger charge is -2.06. The Morgan fingerprint density at radius 2 is 2.07 bits per heavy atom. The predicted molar refractivity (Wildman–Crippen MR) is 129 cm³/mol. The van der Waals surface area contributed by atoms with Crippen LogP contribution >= 0.6 is 34.4 Å². The minimum absolute atomic E-state index is 0.0700. The molecule has 5 nitrogen and oxygen atoms in total. The SMILES string of the molecule is C#CCOc1ccc(/C=C2\SC(=Nc3ccccc3)C(C(=O)OCC)=C2O)cc1I. The Hall–Kier alpha value is -2.70. The van der Waals surface area contributed by atoms with Crippen LogP contribution in [0.5, 0.6) is 5.75 Å². The summed E-state index contributed by atoms with van der Waals surface area (Å²) in [6.07, 6.45) is 7.03. The van der Waals surface area contributed by atoms with E-state index >= 15 is 0 Å². The van der Waals surface area contributed by atoms with Gasteiger partial charge in [-0.1, -0.05) is 41.9 Å². The number of benzene rings is 2. The highest BCUT2D eigenvalue weighted by molar-refractivity contribution is 14.1. The second-order valence-electron chi connectivity index (χ2n) is 5.99. The molecule has 7 heteroatoms. The molecular weight excluding hydrogens is 513 g/mol. The fourth-order valence-electron chi connectivity index (χ4n) is 2.61. The number of para-hydroxylation sites is 1. The summed E-state index contributed by atoms with van der Waals surface area (Å²) in [6, 6.07) is 14.8. The van der Waals surface area contributed by atoms with E-state index in [9.17, 15) is 9.90 Å². The van der Waals surface area contributed by atoms with E-state index in [4.69, 9.17) is 15.9 Å². The van der Waals surface area contributed by atoms with Crippen LogP contribution in [0, 0.1) is 15.9 Å². The standard InChI is InChI=1S/C23H18INO4S/c1-3-12-29-18-11-10-15(13-17(18)24)14-19-21(26)20(23(27)28-4-2)22(30-19)25-16-8-6-5-7-9-16/h1,5-11,13-14,26H,4,12H2,2H3/b19-14-,25-22?. The van der Waals surface area contributed by atoms with E-state index in [1.165, 1.54) is 11.8 Å². The van der Waals surface area contributed by atoms with E-state index in [2.05, 4.69) is 33.5 Å². The molecule has 0 atom stereocenters. The summed E-state index contributed by atoms with van der Waals surface area (Å²) in [6.45, 7) is 2.11. The van der Waals surface area contributed by atoms with Crippen LogP contribution < -0.4 is 4.74 Å². The molecule has 1 heterocycles. The molecule has 0 unspecified atom stereocenters. The van der Waals surface area contributed by atoms with Crippen LogP contribution in [0.3, 0.4) is 0 Å². The number of aliphatic hydroxyl groups is 1. The van der Waals surface area contributed by atoms with Gasteiger partial charge in [0.2, 0.25) is 0 Å². The largest absolute Gasteiger partial charge is 0.506 e. The van der Waals surface area contributed by atoms with Gasteiger partial charge in [-0.2, -0.15) is 0 Å². The molecule has 2 aromatic carbocycles. The van der Waals surface area contributed by atoms with E-state index in [0.29, 0.717) is 21.4 Å². The molecule has 0 saturated heterocycles. The number of nitrogens with zero attached hydrogens (tertiary/aromatic N) is 1. The zero-order chi connectivity index (χ0) is 21.5. The second kappa shape index (κ2) is 10.4. The molecule has 0 aromatic heterocycles. The van der Waals surface area contributed by atoms with Gasteiger partial charge in [0.1, 0.15) is 28.7 Å². The zero-order valence-electron chi connectivity index (χ0n) is 16.1. The fourth-order valence-corrected chi connectivity index (χ4v) is 4.34. The summed E-state index contributed by atoms with van der Waals surface area (Å²) >= 11 is 3.38. The van der Waals surface area contributed by atoms with Crippen LogP contribution in [-0.2, 0) is 9.53 Å². The van der Waals surface area contributed by atoms with Gasteiger partial charge in [-0.25, -0.2) is 9.79 Å². The van der Waals surface area contributed by atoms with E-state index < -0.39 is 5.97 Å². The van der Waals surface area contributed by atoms with Gasteiger partial charge >= 0.3 is 5.97 Å². The molecule has 152 valence electrons. The molecule has 2 aromatic rings. The van der Waals surface area contributed by atoms with Crippen molar-refractivity contribution >= 4 is 57.1 Å². The highest BCUT2D eigenvalue weighted by Gasteiger charge is 2.33. The Bertz CT molecular complexity index is 1080. The monoisotopic (exact) mass is 531 g/mol. The van der Waals surface area contributed by atoms with Gasteiger partial charge in [0.15, 0.2) is 0 Å². The van der Waals surface area contributed by atoms with Crippen molar-refractivity contribution in [3.63, 3.8) is 0 Å². The van der Waals surface area contributed by atoms with Crippen LogP contribution in [0.1, 0.15) is 12.5 Å². The molecule has 0 amide bonds. The molecule has 0 aliphatic carbocycles. The van der Waals surface area contributed by atoms with Crippen LogP contribution in [0.15, 0.2) is 69.8 Å². The minimum atomic E-state index is -0.604. The molecule has 3 rings (SSSR count). The summed E-state index contributed by atoms with van der Waals surface area (Å²) in [5, 5.41) is 11.2. The lowest BCUT2D eigenvalue weighted by atomic mass is 10.1. The molecule has 0 radical (unpaired) electrons. The molecule has 0 fully saturated rings. The summed E-state index contributed by atoms with van der Waals surface area (Å²) in [5.41, 5.74) is 1.59. The first-order valence-electron chi connectivity index (χ1n) is 9.03. The number of aliphatic imine (C=N–C) groups is 1. The quantitative estimate of drug-likeness (QED) is 0.303. The maximum atomic E-state index is 12.5. The van der Waals surface area contributed by atoms with Crippen molar-refractivity contribution in [3.05, 3.63) is 73.9 Å². The third-order valence-corrected chi connectivity index (χ3v) is 5.78. The Kier molecular flexibility index (Phi) is 7.60. The maximum Gasteiger partial charge on any atom is 0.344 e. The van der Waals surface area contributed by atoms with Crippen LogP contribution in [-0.4, -0.2) is 29.3 Å². The van der Waals surface area contributed by atoms with Gasteiger partial charge in [0, 0.05) is 0 Å². The average molecular weight is 531 g/mol. The number of halogens is 1. The number of hydrogen-bond acceptors (Lipinski definition) is 6. The van der Waals surface area contributed by atoms with E-state index in [-0.39, 0.29) is 24.5 Å². The Morgan fingerprint density at radius 1 is 1.30 bits per heavy atom. The van der Waals surface area contributed by atoms with Crippen LogP contribution in [0.4, 0.5) is 5.69 Å². The minimum Gasteiger partial charge on any atom is -0.506 e. The first-order chi connectivity index (χ1) is 14.5. The zero-order valence-corrected chi connectivity index (χ0v) is 19.1. The molecule has 0 bridgehead atoms. The van der Waals surface area contributed by atoms with Crippen molar-refractivity contribution in [1.82, 2.24) is 0 Å². The first-order valence-corrected chi connectivity index (χ1v) is 10.9. The van der Waals surface area contributed by atoms with Crippen molar-refractivity contribution in [1.29, 1.82) is 0 Å². The topological polar surface area (TPSA) is 68.1 Å². The van der Waals surface area contributed by atoms with E-state index in [1.807, 2.05) is 48.5 Å². The lowest BCUT2D eigenvalue weighted by molar-refractivity contribution is -0.138. The number of ether oxygens (including phenoxy) is 2. The molecule has 1 aliphatic rings. The lowest BCUT2D eigenvalue weighted by Crippen LogP contribution is -2.12. The third-order valence-electron chi connectivity index (χ3n) is 3.92. The number of carbonyl (C=O) groups excluding carboxylic acids is 1. The highest BCUT2D eigenvalue weighted by Crippen LogP contribution is 2.40. The number of hydrogen-bond donors (Lipinski definition) is 1. The van der Waals surface area contributed by atoms with Crippen LogP contribution in [0.2, 0.25) is 0 Å². The van der Waals surface area contributed by atoms with E-state index in [1.54, 1.807) is 13.0 Å². The fraction of sp³-hybridized carbons (Fsp3) is 0.130. The maximum absolute atomic E-state index is 12.5. The number of terminal acetylenes is 1. The van der Waals surface area contributed by atoms with Gasteiger partial charge < -0.3 is 14.6 Å². The van der Waals surface area contributed by atoms with Crippen molar-refractivity contribution < 1.29 is 19.4 Å². The number of carbonyl (C=O) groups is 1. The number of thioether (sulfide) groups is 1. The third kappa shape index (κ3) is 5.26. The van der Waals surface area contributed by atoms with Crippen LogP contribution in [0.25, 0.3) is 6.08 Å². The summed E-state index contributed by atoms with van der Waals surface area (Å²) in [5.74, 6) is 2.38. The summed E-state index contributed by atoms with van der Waals surface area (Å²) in [4.78, 5) is 17.5. The Balaban J connectivity index is 1.97. The summed E-state index contributed by atoms with van der Waals surface area (Å²) < 4.78 is 11.5. The molecule has 0 saturated carbocycles. The van der Waals surface area contributed by atoms with Crippen molar-refractivity contribution in [2.24, 2.45) is 4.99 Å². The van der Waals surface area contributed by atoms with Crippen molar-refractivity contribution in [2.75, 3.05) is 13.2 Å². The molecule has 0 spiro atoms. The predicted octanol–water partition coefficient (Wildman–Crippen LogP) is 5.50. The van der Waals surface area contributed by atoms with Gasteiger partial charge in [0.25, 0.3) is 0 Å². The second-order valence-corrected chi connectivity index (χ2v) is 8.18. The number of esters is 1. The Morgan fingerprint density at radius 3 is 2.73 bits per heavy atom. The van der Waals surface area contributed by atoms with Gasteiger partial charge in [-0.05, 0) is 65.4 Å². The Labute approximate surface area is 193 Å². The normalized spacial score (nSPS) is 16.0. The first kappa shape index (κ1) is 22.0. The molecule has 30 heavy (non-hydrogen) atoms. The summed E-state index contributed by atoms with van der Waals surface area (Å²) in [7, 11) is 0. The van der Waals surface area contributed by atoms with Gasteiger partial charge in [-0.3, -0.25) is 0 Å². The van der Waals surface area contributed by atoms with Gasteiger partial charge in [0.05, 0.1) is 20.8 Å². The number of rotatable bonds is 6. The smallest absolute Gasteiger partial charge is 0.344 e. The van der Waals surface area contributed by atoms with E-state index in [0.717, 1.165) is 9.13 Å². The van der Waals surface area contributed by atoms with Crippen molar-refractivity contribution in [2.45, 2.75) is 6.92 Å². The average Bonchev–Trinajstić information content (AvgIpc) is 3.03. The molecule has 1 N–H and O–H groups in total. The number of aliphatic hydroxyl groups excluding tert-OH is 1. The molecular formula is C23H18INO4S.